The second-order valence-electron chi connectivity index (χ2n) is 4.46. The number of aromatic nitrogens is 4. The lowest BCUT2D eigenvalue weighted by atomic mass is 10.3. The Bertz CT molecular complexity index is 517. The van der Waals surface area contributed by atoms with Crippen molar-refractivity contribution < 1.29 is 4.39 Å². The summed E-state index contributed by atoms with van der Waals surface area (Å²) in [5.74, 6) is 0. The molecule has 0 radical (unpaired) electrons. The number of alkyl halides is 1. The van der Waals surface area contributed by atoms with Crippen LogP contribution in [0.1, 0.15) is 24.7 Å². The van der Waals surface area contributed by atoms with E-state index in [2.05, 4.69) is 22.4 Å². The molecule has 0 spiro atoms. The molecule has 2 rings (SSSR count). The van der Waals surface area contributed by atoms with Gasteiger partial charge in [0.1, 0.15) is 6.67 Å². The Morgan fingerprint density at radius 3 is 2.84 bits per heavy atom. The fourth-order valence-electron chi connectivity index (χ4n) is 2.03. The predicted octanol–water partition coefficient (Wildman–Crippen LogP) is 2.38. The van der Waals surface area contributed by atoms with Crippen LogP contribution in [-0.2, 0) is 19.6 Å². The molecule has 0 atom stereocenters. The Kier molecular flexibility index (Phi) is 4.54. The van der Waals surface area contributed by atoms with Crippen molar-refractivity contribution in [1.82, 2.24) is 19.6 Å². The normalized spacial score (nSPS) is 10.9. The molecule has 19 heavy (non-hydrogen) atoms. The van der Waals surface area contributed by atoms with E-state index in [9.17, 15) is 4.39 Å². The van der Waals surface area contributed by atoms with Gasteiger partial charge in [0.25, 0.3) is 0 Å². The lowest BCUT2D eigenvalue weighted by Gasteiger charge is -2.08. The van der Waals surface area contributed by atoms with Crippen molar-refractivity contribution in [2.75, 3.05) is 12.0 Å². The maximum absolute atomic E-state index is 12.3. The van der Waals surface area contributed by atoms with Gasteiger partial charge in [-0.2, -0.15) is 10.2 Å². The van der Waals surface area contributed by atoms with Crippen LogP contribution >= 0.6 is 0 Å². The van der Waals surface area contributed by atoms with Gasteiger partial charge in [0.05, 0.1) is 36.4 Å². The zero-order valence-corrected chi connectivity index (χ0v) is 11.4. The third kappa shape index (κ3) is 3.13. The van der Waals surface area contributed by atoms with E-state index in [0.717, 1.165) is 30.0 Å². The van der Waals surface area contributed by atoms with E-state index in [1.165, 1.54) is 0 Å². The molecule has 0 fully saturated rings. The van der Waals surface area contributed by atoms with Gasteiger partial charge < -0.3 is 5.32 Å². The summed E-state index contributed by atoms with van der Waals surface area (Å²) >= 11 is 0. The lowest BCUT2D eigenvalue weighted by Crippen LogP contribution is -2.09. The Balaban J connectivity index is 2.00. The number of nitrogens with one attached hydrogen (secondary N) is 1. The van der Waals surface area contributed by atoms with Gasteiger partial charge in [-0.25, -0.2) is 4.39 Å². The average molecular weight is 265 g/mol. The monoisotopic (exact) mass is 265 g/mol. The van der Waals surface area contributed by atoms with Crippen molar-refractivity contribution in [3.63, 3.8) is 0 Å². The summed E-state index contributed by atoms with van der Waals surface area (Å²) in [7, 11) is 0. The van der Waals surface area contributed by atoms with Crippen LogP contribution in [0.5, 0.6) is 0 Å². The van der Waals surface area contributed by atoms with Gasteiger partial charge in [-0.1, -0.05) is 6.92 Å². The van der Waals surface area contributed by atoms with Gasteiger partial charge in [0.2, 0.25) is 0 Å². The van der Waals surface area contributed by atoms with Gasteiger partial charge in [0, 0.05) is 12.7 Å². The van der Waals surface area contributed by atoms with E-state index in [0.29, 0.717) is 13.1 Å². The first-order chi connectivity index (χ1) is 9.26. The fraction of sp³-hybridized carbons (Fsp3) is 0.538. The minimum absolute atomic E-state index is 0.307. The van der Waals surface area contributed by atoms with Gasteiger partial charge in [0.15, 0.2) is 0 Å². The van der Waals surface area contributed by atoms with Gasteiger partial charge in [-0.3, -0.25) is 9.36 Å². The molecule has 5 nitrogen and oxygen atoms in total. The van der Waals surface area contributed by atoms with Crippen LogP contribution in [0.15, 0.2) is 18.5 Å². The standard InChI is InChI=1S/C13H20FN5/c1-3-7-19-12(4-6-16-19)9-15-13-10-17-18(8-5-14)11(13)2/h4,6,10,15H,3,5,7-9H2,1-2H3. The molecule has 2 aromatic rings. The number of hydrogen-bond donors (Lipinski definition) is 1. The van der Waals surface area contributed by atoms with Crippen LogP contribution < -0.4 is 5.32 Å². The van der Waals surface area contributed by atoms with Crippen LogP contribution in [0.2, 0.25) is 0 Å². The van der Waals surface area contributed by atoms with E-state index in [-0.39, 0.29) is 0 Å². The lowest BCUT2D eigenvalue weighted by molar-refractivity contribution is 0.423. The summed E-state index contributed by atoms with van der Waals surface area (Å²) in [6, 6.07) is 2.00. The van der Waals surface area contributed by atoms with Crippen molar-refractivity contribution in [3.05, 3.63) is 29.8 Å². The van der Waals surface area contributed by atoms with Crippen molar-refractivity contribution in [3.8, 4) is 0 Å². The number of aryl methyl sites for hydroxylation is 2. The average Bonchev–Trinajstić information content (AvgIpc) is 2.97. The number of anilines is 1. The quantitative estimate of drug-likeness (QED) is 0.836. The molecule has 0 bridgehead atoms. The molecule has 0 saturated carbocycles. The third-order valence-corrected chi connectivity index (χ3v) is 3.10. The minimum Gasteiger partial charge on any atom is -0.377 e. The summed E-state index contributed by atoms with van der Waals surface area (Å²) in [6.45, 7) is 5.59. The van der Waals surface area contributed by atoms with E-state index in [4.69, 9.17) is 0 Å². The maximum Gasteiger partial charge on any atom is 0.109 e. The molecule has 1 N–H and O–H groups in total. The van der Waals surface area contributed by atoms with Gasteiger partial charge >= 0.3 is 0 Å². The highest BCUT2D eigenvalue weighted by molar-refractivity contribution is 5.45. The molecule has 104 valence electrons. The van der Waals surface area contributed by atoms with Crippen LogP contribution in [-0.4, -0.2) is 26.2 Å². The molecule has 0 aliphatic heterocycles. The molecule has 2 aromatic heterocycles. The Labute approximate surface area is 112 Å². The summed E-state index contributed by atoms with van der Waals surface area (Å²) in [5, 5.41) is 11.8. The first kappa shape index (κ1) is 13.6. The highest BCUT2D eigenvalue weighted by Crippen LogP contribution is 2.15. The minimum atomic E-state index is -0.398. The molecule has 0 saturated heterocycles. The van der Waals surface area contributed by atoms with E-state index < -0.39 is 6.67 Å². The molecular formula is C13H20FN5. The molecule has 0 unspecified atom stereocenters. The topological polar surface area (TPSA) is 47.7 Å². The molecule has 0 aliphatic carbocycles. The highest BCUT2D eigenvalue weighted by atomic mass is 19.1. The summed E-state index contributed by atoms with van der Waals surface area (Å²) in [5.41, 5.74) is 3.04. The van der Waals surface area contributed by atoms with Crippen LogP contribution in [0.25, 0.3) is 0 Å². The number of halogens is 1. The number of rotatable bonds is 7. The summed E-state index contributed by atoms with van der Waals surface area (Å²) in [4.78, 5) is 0. The van der Waals surface area contributed by atoms with Crippen molar-refractivity contribution in [2.24, 2.45) is 0 Å². The van der Waals surface area contributed by atoms with E-state index >= 15 is 0 Å². The van der Waals surface area contributed by atoms with Crippen molar-refractivity contribution in [1.29, 1.82) is 0 Å². The third-order valence-electron chi connectivity index (χ3n) is 3.10. The van der Waals surface area contributed by atoms with Gasteiger partial charge in [-0.05, 0) is 19.4 Å². The predicted molar refractivity (Wildman–Crippen MR) is 72.8 cm³/mol. The molecule has 0 aliphatic rings. The molecule has 2 heterocycles. The molecule has 0 aromatic carbocycles. The first-order valence-electron chi connectivity index (χ1n) is 6.59. The SMILES string of the molecule is CCCn1nccc1CNc1cnn(CCF)c1C. The van der Waals surface area contributed by atoms with Gasteiger partial charge in [-0.15, -0.1) is 0 Å². The van der Waals surface area contributed by atoms with Crippen LogP contribution in [0.3, 0.4) is 0 Å². The Hall–Kier alpha value is -1.85. The second-order valence-corrected chi connectivity index (χ2v) is 4.46. The smallest absolute Gasteiger partial charge is 0.109 e. The number of hydrogen-bond acceptors (Lipinski definition) is 3. The number of nitrogens with zero attached hydrogens (tertiary/aromatic N) is 4. The maximum atomic E-state index is 12.3. The Morgan fingerprint density at radius 1 is 1.26 bits per heavy atom. The highest BCUT2D eigenvalue weighted by Gasteiger charge is 2.07. The summed E-state index contributed by atoms with van der Waals surface area (Å²) < 4.78 is 16.0. The van der Waals surface area contributed by atoms with Crippen LogP contribution in [0, 0.1) is 6.92 Å². The first-order valence-corrected chi connectivity index (χ1v) is 6.59. The summed E-state index contributed by atoms with van der Waals surface area (Å²) in [6.07, 6.45) is 4.61. The zero-order chi connectivity index (χ0) is 13.7. The molecular weight excluding hydrogens is 245 g/mol. The van der Waals surface area contributed by atoms with Crippen LogP contribution in [0.4, 0.5) is 10.1 Å². The van der Waals surface area contributed by atoms with Crippen molar-refractivity contribution in [2.45, 2.75) is 39.9 Å². The molecule has 6 heteroatoms. The van der Waals surface area contributed by atoms with E-state index in [1.54, 1.807) is 10.9 Å². The van der Waals surface area contributed by atoms with Crippen molar-refractivity contribution >= 4 is 5.69 Å². The van der Waals surface area contributed by atoms with E-state index in [1.807, 2.05) is 23.9 Å². The molecule has 0 amide bonds. The second kappa shape index (κ2) is 6.36. The largest absolute Gasteiger partial charge is 0.377 e. The fourth-order valence-corrected chi connectivity index (χ4v) is 2.03. The Morgan fingerprint density at radius 2 is 2.11 bits per heavy atom. The zero-order valence-electron chi connectivity index (χ0n) is 11.4.